The lowest BCUT2D eigenvalue weighted by atomic mass is 10.0. The van der Waals surface area contributed by atoms with Gasteiger partial charge in [0.25, 0.3) is 5.91 Å². The van der Waals surface area contributed by atoms with E-state index in [1.165, 1.54) is 24.3 Å². The summed E-state index contributed by atoms with van der Waals surface area (Å²) in [6.45, 7) is 2.01. The molecule has 1 heterocycles. The zero-order valence-corrected chi connectivity index (χ0v) is 13.5. The number of halogens is 1. The minimum absolute atomic E-state index is 0.274. The largest absolute Gasteiger partial charge is 0.338 e. The van der Waals surface area contributed by atoms with Crippen molar-refractivity contribution in [2.24, 2.45) is 7.05 Å². The van der Waals surface area contributed by atoms with Crippen molar-refractivity contribution >= 4 is 5.91 Å². The van der Waals surface area contributed by atoms with E-state index in [-0.39, 0.29) is 17.8 Å². The number of rotatable bonds is 4. The van der Waals surface area contributed by atoms with Gasteiger partial charge in [-0.25, -0.2) is 9.37 Å². The second-order valence-corrected chi connectivity index (χ2v) is 5.72. The Bertz CT molecular complexity index is 838. The maximum Gasteiger partial charge on any atom is 0.252 e. The molecule has 2 aromatic carbocycles. The third-order valence-corrected chi connectivity index (χ3v) is 3.91. The Morgan fingerprint density at radius 1 is 1.12 bits per heavy atom. The van der Waals surface area contributed by atoms with Gasteiger partial charge in [-0.3, -0.25) is 4.79 Å². The first kappa shape index (κ1) is 15.9. The molecule has 5 heteroatoms. The summed E-state index contributed by atoms with van der Waals surface area (Å²) in [6.07, 6.45) is 3.53. The standard InChI is InChI=1S/C19H18FN3O/c1-13-3-5-14(6-4-13)17(18-21-11-12-23(18)2)22-19(24)15-7-9-16(20)10-8-15/h3-12,17H,1-2H3,(H,22,24). The summed E-state index contributed by atoms with van der Waals surface area (Å²) in [5.74, 6) is 0.0867. The average molecular weight is 323 g/mol. The highest BCUT2D eigenvalue weighted by molar-refractivity contribution is 5.94. The molecule has 1 aromatic heterocycles. The predicted octanol–water partition coefficient (Wildman–Crippen LogP) is 3.39. The highest BCUT2D eigenvalue weighted by Gasteiger charge is 2.21. The molecule has 24 heavy (non-hydrogen) atoms. The number of nitrogens with one attached hydrogen (secondary N) is 1. The Morgan fingerprint density at radius 2 is 1.79 bits per heavy atom. The molecule has 0 radical (unpaired) electrons. The van der Waals surface area contributed by atoms with Gasteiger partial charge in [0.15, 0.2) is 0 Å². The van der Waals surface area contributed by atoms with Gasteiger partial charge in [-0.15, -0.1) is 0 Å². The maximum absolute atomic E-state index is 13.0. The lowest BCUT2D eigenvalue weighted by Crippen LogP contribution is -2.31. The summed E-state index contributed by atoms with van der Waals surface area (Å²) in [7, 11) is 1.88. The molecule has 3 rings (SSSR count). The van der Waals surface area contributed by atoms with E-state index in [1.54, 1.807) is 6.20 Å². The number of carbonyl (C=O) groups excluding carboxylic acids is 1. The van der Waals surface area contributed by atoms with Gasteiger partial charge >= 0.3 is 0 Å². The second-order valence-electron chi connectivity index (χ2n) is 5.72. The number of hydrogen-bond donors (Lipinski definition) is 1. The normalized spacial score (nSPS) is 12.0. The van der Waals surface area contributed by atoms with Gasteiger partial charge in [0, 0.05) is 25.0 Å². The van der Waals surface area contributed by atoms with Gasteiger partial charge in [-0.05, 0) is 36.8 Å². The molecule has 0 aliphatic carbocycles. The third kappa shape index (κ3) is 3.35. The van der Waals surface area contributed by atoms with Gasteiger partial charge in [0.1, 0.15) is 17.7 Å². The molecule has 0 saturated heterocycles. The van der Waals surface area contributed by atoms with Crippen LogP contribution >= 0.6 is 0 Å². The van der Waals surface area contributed by atoms with Crippen molar-refractivity contribution < 1.29 is 9.18 Å². The highest BCUT2D eigenvalue weighted by atomic mass is 19.1. The van der Waals surface area contributed by atoms with E-state index in [0.29, 0.717) is 5.56 Å². The van der Waals surface area contributed by atoms with E-state index in [9.17, 15) is 9.18 Å². The summed E-state index contributed by atoms with van der Waals surface area (Å²) in [4.78, 5) is 16.9. The lowest BCUT2D eigenvalue weighted by molar-refractivity contribution is 0.0941. The first-order valence-corrected chi connectivity index (χ1v) is 7.65. The van der Waals surface area contributed by atoms with E-state index < -0.39 is 0 Å². The van der Waals surface area contributed by atoms with Gasteiger partial charge < -0.3 is 9.88 Å². The van der Waals surface area contributed by atoms with Gasteiger partial charge in [-0.1, -0.05) is 29.8 Å². The molecule has 3 aromatic rings. The van der Waals surface area contributed by atoms with Crippen molar-refractivity contribution in [2.45, 2.75) is 13.0 Å². The fourth-order valence-electron chi connectivity index (χ4n) is 2.53. The monoisotopic (exact) mass is 323 g/mol. The van der Waals surface area contributed by atoms with Gasteiger partial charge in [-0.2, -0.15) is 0 Å². The van der Waals surface area contributed by atoms with Crippen LogP contribution in [0.15, 0.2) is 60.9 Å². The zero-order chi connectivity index (χ0) is 17.1. The number of amides is 1. The average Bonchev–Trinajstić information content (AvgIpc) is 3.00. The molecule has 0 aliphatic rings. The minimum atomic E-state index is -0.386. The van der Waals surface area contributed by atoms with Crippen LogP contribution in [0.5, 0.6) is 0 Å². The Balaban J connectivity index is 1.93. The molecule has 0 spiro atoms. The van der Waals surface area contributed by atoms with Crippen molar-refractivity contribution in [2.75, 3.05) is 0 Å². The van der Waals surface area contributed by atoms with E-state index in [4.69, 9.17) is 0 Å². The van der Waals surface area contributed by atoms with Crippen LogP contribution in [-0.2, 0) is 7.05 Å². The van der Waals surface area contributed by atoms with Crippen molar-refractivity contribution in [3.63, 3.8) is 0 Å². The van der Waals surface area contributed by atoms with Gasteiger partial charge in [0.05, 0.1) is 0 Å². The molecule has 1 amide bonds. The first-order valence-electron chi connectivity index (χ1n) is 7.65. The van der Waals surface area contributed by atoms with Crippen LogP contribution in [0.1, 0.15) is 33.4 Å². The molecular formula is C19H18FN3O. The van der Waals surface area contributed by atoms with E-state index >= 15 is 0 Å². The number of imidazole rings is 1. The topological polar surface area (TPSA) is 46.9 Å². The van der Waals surface area contributed by atoms with Crippen LogP contribution in [-0.4, -0.2) is 15.5 Å². The zero-order valence-electron chi connectivity index (χ0n) is 13.5. The molecule has 1 N–H and O–H groups in total. The Morgan fingerprint density at radius 3 is 2.38 bits per heavy atom. The van der Waals surface area contributed by atoms with Crippen LogP contribution in [0.2, 0.25) is 0 Å². The van der Waals surface area contributed by atoms with Crippen LogP contribution in [0.3, 0.4) is 0 Å². The number of aryl methyl sites for hydroxylation is 2. The van der Waals surface area contributed by atoms with Crippen LogP contribution < -0.4 is 5.32 Å². The number of aromatic nitrogens is 2. The van der Waals surface area contributed by atoms with Crippen molar-refractivity contribution in [1.82, 2.24) is 14.9 Å². The Kier molecular flexibility index (Phi) is 4.42. The second kappa shape index (κ2) is 6.66. The van der Waals surface area contributed by atoms with Gasteiger partial charge in [0.2, 0.25) is 0 Å². The maximum atomic E-state index is 13.0. The third-order valence-electron chi connectivity index (χ3n) is 3.91. The number of benzene rings is 2. The molecule has 1 unspecified atom stereocenters. The van der Waals surface area contributed by atoms with Crippen molar-refractivity contribution in [1.29, 1.82) is 0 Å². The summed E-state index contributed by atoms with van der Waals surface area (Å²) in [6, 6.07) is 13.0. The van der Waals surface area contributed by atoms with E-state index in [1.807, 2.05) is 49.0 Å². The first-order chi connectivity index (χ1) is 11.5. The Hall–Kier alpha value is -2.95. The summed E-state index contributed by atoms with van der Waals surface area (Å²) in [5.41, 5.74) is 2.48. The predicted molar refractivity (Wildman–Crippen MR) is 90.1 cm³/mol. The highest BCUT2D eigenvalue weighted by Crippen LogP contribution is 2.21. The number of nitrogens with zero attached hydrogens (tertiary/aromatic N) is 2. The molecule has 0 aliphatic heterocycles. The van der Waals surface area contributed by atoms with Crippen molar-refractivity contribution in [3.05, 3.63) is 89.3 Å². The molecule has 0 fully saturated rings. The fourth-order valence-corrected chi connectivity index (χ4v) is 2.53. The van der Waals surface area contributed by atoms with E-state index in [0.717, 1.165) is 17.0 Å². The van der Waals surface area contributed by atoms with E-state index in [2.05, 4.69) is 10.3 Å². The van der Waals surface area contributed by atoms with Crippen molar-refractivity contribution in [3.8, 4) is 0 Å². The number of hydrogen-bond acceptors (Lipinski definition) is 2. The molecule has 0 saturated carbocycles. The molecule has 1 atom stereocenters. The molecule has 122 valence electrons. The fraction of sp³-hybridized carbons (Fsp3) is 0.158. The van der Waals surface area contributed by atoms with Crippen LogP contribution in [0, 0.1) is 12.7 Å². The van der Waals surface area contributed by atoms with Crippen LogP contribution in [0.4, 0.5) is 4.39 Å². The quantitative estimate of drug-likeness (QED) is 0.800. The molecular weight excluding hydrogens is 305 g/mol. The minimum Gasteiger partial charge on any atom is -0.338 e. The summed E-state index contributed by atoms with van der Waals surface area (Å²) >= 11 is 0. The Labute approximate surface area is 140 Å². The SMILES string of the molecule is Cc1ccc(C(NC(=O)c2ccc(F)cc2)c2nccn2C)cc1. The smallest absolute Gasteiger partial charge is 0.252 e. The number of carbonyl (C=O) groups is 1. The molecule has 0 bridgehead atoms. The lowest BCUT2D eigenvalue weighted by Gasteiger charge is -2.19. The molecule has 4 nitrogen and oxygen atoms in total. The van der Waals surface area contributed by atoms with Crippen LogP contribution in [0.25, 0.3) is 0 Å². The summed E-state index contributed by atoms with van der Waals surface area (Å²) < 4.78 is 14.9. The summed E-state index contributed by atoms with van der Waals surface area (Å²) in [5, 5.41) is 2.99.